The molecule has 7 heteroatoms. The molecule has 1 atom stereocenters. The molecule has 0 saturated carbocycles. The molecule has 1 fully saturated rings. The van der Waals surface area contributed by atoms with Gasteiger partial charge in [0.2, 0.25) is 11.8 Å². The monoisotopic (exact) mass is 350 g/mol. The van der Waals surface area contributed by atoms with Crippen LogP contribution in [0.25, 0.3) is 0 Å². The molecule has 0 spiro atoms. The summed E-state index contributed by atoms with van der Waals surface area (Å²) in [4.78, 5) is 16.2. The van der Waals surface area contributed by atoms with Gasteiger partial charge in [-0.25, -0.2) is 0 Å². The molecular weight excluding hydrogens is 328 g/mol. The molecule has 6 nitrogen and oxygen atoms in total. The Kier molecular flexibility index (Phi) is 7.21. The van der Waals surface area contributed by atoms with E-state index in [0.717, 1.165) is 32.2 Å². The van der Waals surface area contributed by atoms with E-state index in [1.54, 1.807) is 0 Å². The summed E-state index contributed by atoms with van der Waals surface area (Å²) in [5.74, 6) is 1.35. The van der Waals surface area contributed by atoms with Crippen LogP contribution < -0.4 is 10.6 Å². The van der Waals surface area contributed by atoms with Gasteiger partial charge in [0, 0.05) is 19.4 Å². The maximum Gasteiger partial charge on any atom is 0.237 e. The maximum atomic E-state index is 11.9. The second-order valence-corrected chi connectivity index (χ2v) is 5.78. The van der Waals surface area contributed by atoms with Crippen molar-refractivity contribution < 1.29 is 9.32 Å². The fraction of sp³-hybridized carbons (Fsp3) is 0.471. The maximum absolute atomic E-state index is 11.9. The Morgan fingerprint density at radius 3 is 2.83 bits per heavy atom. The predicted molar refractivity (Wildman–Crippen MR) is 93.1 cm³/mol. The Labute approximate surface area is 147 Å². The quantitative estimate of drug-likeness (QED) is 0.794. The van der Waals surface area contributed by atoms with Crippen molar-refractivity contribution in [3.63, 3.8) is 0 Å². The number of rotatable bonds is 7. The molecule has 1 saturated heterocycles. The molecule has 3 rings (SSSR count). The molecule has 2 N–H and O–H groups in total. The van der Waals surface area contributed by atoms with Crippen molar-refractivity contribution >= 4 is 18.3 Å². The van der Waals surface area contributed by atoms with Gasteiger partial charge < -0.3 is 15.2 Å². The van der Waals surface area contributed by atoms with E-state index in [2.05, 4.69) is 32.9 Å². The zero-order chi connectivity index (χ0) is 15.9. The number of nitrogens with zero attached hydrogens (tertiary/aromatic N) is 2. The molecule has 1 aliphatic rings. The lowest BCUT2D eigenvalue weighted by molar-refractivity contribution is -0.122. The first kappa shape index (κ1) is 18.4. The number of amides is 1. The predicted octanol–water partition coefficient (Wildman–Crippen LogP) is 1.69. The van der Waals surface area contributed by atoms with Crippen LogP contribution in [0.1, 0.15) is 30.1 Å². The van der Waals surface area contributed by atoms with Gasteiger partial charge in [-0.15, -0.1) is 12.4 Å². The van der Waals surface area contributed by atoms with Crippen molar-refractivity contribution in [1.82, 2.24) is 20.8 Å². The van der Waals surface area contributed by atoms with E-state index in [4.69, 9.17) is 4.52 Å². The lowest BCUT2D eigenvalue weighted by Gasteiger charge is -2.09. The number of nitrogens with one attached hydrogen (secondary N) is 2. The minimum Gasteiger partial charge on any atom is -0.354 e. The minimum atomic E-state index is -0.0425. The zero-order valence-corrected chi connectivity index (χ0v) is 14.3. The Morgan fingerprint density at radius 1 is 1.25 bits per heavy atom. The summed E-state index contributed by atoms with van der Waals surface area (Å²) in [6.07, 6.45) is 4.19. The second-order valence-electron chi connectivity index (χ2n) is 5.78. The van der Waals surface area contributed by atoms with Crippen LogP contribution in [0, 0.1) is 0 Å². The highest BCUT2D eigenvalue weighted by Gasteiger charge is 2.21. The number of hydrogen-bond donors (Lipinski definition) is 2. The highest BCUT2D eigenvalue weighted by atomic mass is 35.5. The van der Waals surface area contributed by atoms with Gasteiger partial charge in [0.15, 0.2) is 5.82 Å². The van der Waals surface area contributed by atoms with Gasteiger partial charge in [0.1, 0.15) is 0 Å². The van der Waals surface area contributed by atoms with Crippen LogP contribution >= 0.6 is 12.4 Å². The molecule has 0 bridgehead atoms. The van der Waals surface area contributed by atoms with Crippen LogP contribution in [0.5, 0.6) is 0 Å². The van der Waals surface area contributed by atoms with E-state index in [-0.39, 0.29) is 24.4 Å². The summed E-state index contributed by atoms with van der Waals surface area (Å²) in [5.41, 5.74) is 1.26. The number of hydrogen-bond acceptors (Lipinski definition) is 5. The highest BCUT2D eigenvalue weighted by Crippen LogP contribution is 2.06. The van der Waals surface area contributed by atoms with Crippen LogP contribution in [0.2, 0.25) is 0 Å². The third kappa shape index (κ3) is 5.32. The van der Waals surface area contributed by atoms with Crippen LogP contribution in [-0.2, 0) is 24.1 Å². The summed E-state index contributed by atoms with van der Waals surface area (Å²) in [7, 11) is 0. The highest BCUT2D eigenvalue weighted by molar-refractivity contribution is 5.85. The molecule has 1 aliphatic heterocycles. The van der Waals surface area contributed by atoms with Crippen molar-refractivity contribution in [2.24, 2.45) is 0 Å². The SMILES string of the molecule is Cl.O=C(NCCc1nc(CCc2ccccc2)no1)C1CCCN1. The Bertz CT molecular complexity index is 627. The summed E-state index contributed by atoms with van der Waals surface area (Å²) in [6.45, 7) is 1.45. The van der Waals surface area contributed by atoms with Gasteiger partial charge in [-0.05, 0) is 31.4 Å². The molecule has 2 heterocycles. The Hall–Kier alpha value is -1.92. The van der Waals surface area contributed by atoms with E-state index in [1.165, 1.54) is 5.56 Å². The number of aromatic nitrogens is 2. The summed E-state index contributed by atoms with van der Waals surface area (Å²) in [6, 6.07) is 10.2. The Balaban J connectivity index is 0.00000208. The molecule has 1 aromatic carbocycles. The van der Waals surface area contributed by atoms with Gasteiger partial charge in [0.05, 0.1) is 6.04 Å². The average molecular weight is 351 g/mol. The van der Waals surface area contributed by atoms with Gasteiger partial charge >= 0.3 is 0 Å². The van der Waals surface area contributed by atoms with Gasteiger partial charge in [-0.3, -0.25) is 4.79 Å². The van der Waals surface area contributed by atoms with Crippen LogP contribution in [0.15, 0.2) is 34.9 Å². The number of carbonyl (C=O) groups excluding carboxylic acids is 1. The van der Waals surface area contributed by atoms with Gasteiger partial charge in [0.25, 0.3) is 0 Å². The second kappa shape index (κ2) is 9.39. The average Bonchev–Trinajstić information content (AvgIpc) is 3.26. The van der Waals surface area contributed by atoms with Crippen molar-refractivity contribution in [1.29, 1.82) is 0 Å². The number of aryl methyl sites for hydroxylation is 2. The fourth-order valence-corrected chi connectivity index (χ4v) is 2.72. The molecule has 130 valence electrons. The van der Waals surface area contributed by atoms with E-state index in [9.17, 15) is 4.79 Å². The molecule has 0 radical (unpaired) electrons. The van der Waals surface area contributed by atoms with Gasteiger partial charge in [-0.1, -0.05) is 35.5 Å². The van der Waals surface area contributed by atoms with Crippen LogP contribution in [-0.4, -0.2) is 35.2 Å². The first-order valence-corrected chi connectivity index (χ1v) is 8.18. The van der Waals surface area contributed by atoms with Crippen LogP contribution in [0.4, 0.5) is 0 Å². The van der Waals surface area contributed by atoms with E-state index in [0.29, 0.717) is 24.7 Å². The smallest absolute Gasteiger partial charge is 0.237 e. The lowest BCUT2D eigenvalue weighted by atomic mass is 10.1. The van der Waals surface area contributed by atoms with Crippen molar-refractivity contribution in [2.75, 3.05) is 13.1 Å². The summed E-state index contributed by atoms with van der Waals surface area (Å²) < 4.78 is 5.23. The topological polar surface area (TPSA) is 80.1 Å². The van der Waals surface area contributed by atoms with Crippen molar-refractivity contribution in [3.8, 4) is 0 Å². The largest absolute Gasteiger partial charge is 0.354 e. The molecule has 1 unspecified atom stereocenters. The third-order valence-corrected chi connectivity index (χ3v) is 4.01. The normalized spacial score (nSPS) is 16.6. The minimum absolute atomic E-state index is 0. The molecule has 1 aromatic heterocycles. The first-order valence-electron chi connectivity index (χ1n) is 8.18. The molecule has 2 aromatic rings. The molecule has 0 aliphatic carbocycles. The summed E-state index contributed by atoms with van der Waals surface area (Å²) >= 11 is 0. The fourth-order valence-electron chi connectivity index (χ4n) is 2.72. The molecule has 24 heavy (non-hydrogen) atoms. The number of carbonyl (C=O) groups is 1. The Morgan fingerprint density at radius 2 is 2.08 bits per heavy atom. The van der Waals surface area contributed by atoms with Gasteiger partial charge in [-0.2, -0.15) is 4.98 Å². The van der Waals surface area contributed by atoms with E-state index in [1.807, 2.05) is 18.2 Å². The van der Waals surface area contributed by atoms with Crippen molar-refractivity contribution in [2.45, 2.75) is 38.1 Å². The molecule has 1 amide bonds. The summed E-state index contributed by atoms with van der Waals surface area (Å²) in [5, 5.41) is 10.1. The third-order valence-electron chi connectivity index (χ3n) is 4.01. The van der Waals surface area contributed by atoms with E-state index < -0.39 is 0 Å². The molecular formula is C17H23ClN4O2. The lowest BCUT2D eigenvalue weighted by Crippen LogP contribution is -2.41. The van der Waals surface area contributed by atoms with Crippen LogP contribution in [0.3, 0.4) is 0 Å². The number of halogens is 1. The number of benzene rings is 1. The van der Waals surface area contributed by atoms with E-state index >= 15 is 0 Å². The zero-order valence-electron chi connectivity index (χ0n) is 13.5. The van der Waals surface area contributed by atoms with Crippen molar-refractivity contribution in [3.05, 3.63) is 47.6 Å². The standard InChI is InChI=1S/C17H22N4O2.ClH/c22-17(14-7-4-11-18-14)19-12-10-16-20-15(21-23-16)9-8-13-5-2-1-3-6-13;/h1-3,5-6,14,18H,4,7-12H2,(H,19,22);1H. The first-order chi connectivity index (χ1) is 11.3.